The third-order valence-electron chi connectivity index (χ3n) is 5.59. The highest BCUT2D eigenvalue weighted by Crippen LogP contribution is 2.35. The maximum atomic E-state index is 12.0. The van der Waals surface area contributed by atoms with Gasteiger partial charge in [0.25, 0.3) is 0 Å². The lowest BCUT2D eigenvalue weighted by molar-refractivity contribution is -0.0303. The number of fused-ring (bicyclic) bond motifs is 1. The number of ether oxygens (including phenoxy) is 2. The highest BCUT2D eigenvalue weighted by Gasteiger charge is 2.33. The van der Waals surface area contributed by atoms with Crippen molar-refractivity contribution in [2.45, 2.75) is 70.3 Å². The second-order valence-corrected chi connectivity index (χ2v) is 8.98. The maximum Gasteiger partial charge on any atom is 0.407 e. The Balaban J connectivity index is 1.63. The van der Waals surface area contributed by atoms with Gasteiger partial charge in [0.1, 0.15) is 17.5 Å². The number of carbonyl (C=O) groups excluding carboxylic acids is 1. The largest absolute Gasteiger partial charge is 0.495 e. The van der Waals surface area contributed by atoms with Crippen LogP contribution in [0, 0.1) is 5.92 Å². The average molecular weight is 417 g/mol. The maximum absolute atomic E-state index is 12.0. The Kier molecular flexibility index (Phi) is 6.83. The van der Waals surface area contributed by atoms with E-state index < -0.39 is 23.9 Å². The Hall–Kier alpha value is -2.38. The first kappa shape index (κ1) is 22.3. The molecule has 2 aromatic rings. The molecule has 1 aliphatic rings. The molecule has 0 spiro atoms. The molecular weight excluding hydrogens is 384 g/mol. The number of hydrogen-bond acceptors (Lipinski definition) is 6. The molecule has 1 fully saturated rings. The molecule has 1 aromatic carbocycles. The number of aliphatic hydroxyl groups excluding tert-OH is 2. The number of nitrogens with zero attached hydrogens (tertiary/aromatic N) is 1. The van der Waals surface area contributed by atoms with E-state index in [2.05, 4.69) is 10.3 Å². The molecule has 3 rings (SSSR count). The number of aromatic nitrogens is 1. The number of nitrogens with one attached hydrogen (secondary N) is 1. The van der Waals surface area contributed by atoms with Gasteiger partial charge in [-0.25, -0.2) is 4.79 Å². The Labute approximate surface area is 177 Å². The molecule has 30 heavy (non-hydrogen) atoms. The lowest BCUT2D eigenvalue weighted by Crippen LogP contribution is -2.42. The lowest BCUT2D eigenvalue weighted by Gasteiger charge is -2.34. The van der Waals surface area contributed by atoms with Crippen molar-refractivity contribution in [3.63, 3.8) is 0 Å². The van der Waals surface area contributed by atoms with Crippen LogP contribution in [0.3, 0.4) is 0 Å². The predicted molar refractivity (Wildman–Crippen MR) is 114 cm³/mol. The summed E-state index contributed by atoms with van der Waals surface area (Å²) in [6.07, 6.45) is 2.19. The Bertz CT molecular complexity index is 872. The van der Waals surface area contributed by atoms with E-state index in [9.17, 15) is 15.0 Å². The summed E-state index contributed by atoms with van der Waals surface area (Å²) >= 11 is 0. The normalized spacial score (nSPS) is 21.7. The van der Waals surface area contributed by atoms with Gasteiger partial charge >= 0.3 is 6.09 Å². The van der Waals surface area contributed by atoms with Gasteiger partial charge in [-0.05, 0) is 70.1 Å². The molecule has 3 N–H and O–H groups in total. The van der Waals surface area contributed by atoms with Crippen LogP contribution in [0.15, 0.2) is 30.5 Å². The topological polar surface area (TPSA) is 101 Å². The van der Waals surface area contributed by atoms with Crippen LogP contribution in [-0.4, -0.2) is 46.1 Å². The zero-order valence-corrected chi connectivity index (χ0v) is 18.1. The molecular formula is C23H32N2O5. The third-order valence-corrected chi connectivity index (χ3v) is 5.59. The number of alkyl carbamates (subject to hydrolysis) is 1. The zero-order valence-electron chi connectivity index (χ0n) is 18.1. The second kappa shape index (κ2) is 9.18. The van der Waals surface area contributed by atoms with Crippen molar-refractivity contribution in [1.29, 1.82) is 0 Å². The smallest absolute Gasteiger partial charge is 0.407 e. The Morgan fingerprint density at radius 1 is 1.20 bits per heavy atom. The first-order chi connectivity index (χ1) is 14.2. The summed E-state index contributed by atoms with van der Waals surface area (Å²) in [4.78, 5) is 16.3. The molecule has 0 aliphatic heterocycles. The molecule has 0 bridgehead atoms. The van der Waals surface area contributed by atoms with Gasteiger partial charge in [-0.3, -0.25) is 4.98 Å². The summed E-state index contributed by atoms with van der Waals surface area (Å²) in [7, 11) is 1.57. The summed E-state index contributed by atoms with van der Waals surface area (Å²) < 4.78 is 10.6. The van der Waals surface area contributed by atoms with Crippen LogP contribution in [0.2, 0.25) is 0 Å². The van der Waals surface area contributed by atoms with Crippen molar-refractivity contribution in [2.75, 3.05) is 7.11 Å². The van der Waals surface area contributed by atoms with Crippen molar-refractivity contribution in [3.8, 4) is 5.75 Å². The summed E-state index contributed by atoms with van der Waals surface area (Å²) in [6, 6.07) is 7.36. The molecule has 2 unspecified atom stereocenters. The van der Waals surface area contributed by atoms with Crippen LogP contribution in [0.5, 0.6) is 5.75 Å². The van der Waals surface area contributed by atoms with Gasteiger partial charge < -0.3 is 25.0 Å². The lowest BCUT2D eigenvalue weighted by atomic mass is 9.79. The van der Waals surface area contributed by atoms with Crippen molar-refractivity contribution >= 4 is 17.0 Å². The van der Waals surface area contributed by atoms with Crippen LogP contribution in [0.25, 0.3) is 10.9 Å². The van der Waals surface area contributed by atoms with E-state index in [0.29, 0.717) is 24.2 Å². The molecule has 1 aromatic heterocycles. The minimum Gasteiger partial charge on any atom is -0.495 e. The zero-order chi connectivity index (χ0) is 21.9. The Morgan fingerprint density at radius 3 is 2.53 bits per heavy atom. The number of methoxy groups -OCH3 is 1. The number of carbonyl (C=O) groups is 1. The van der Waals surface area contributed by atoms with E-state index in [1.54, 1.807) is 13.3 Å². The van der Waals surface area contributed by atoms with Crippen molar-refractivity contribution in [3.05, 3.63) is 36.0 Å². The van der Waals surface area contributed by atoms with Crippen LogP contribution >= 0.6 is 0 Å². The van der Waals surface area contributed by atoms with Crippen molar-refractivity contribution < 1.29 is 24.5 Å². The van der Waals surface area contributed by atoms with Gasteiger partial charge in [0.15, 0.2) is 0 Å². The van der Waals surface area contributed by atoms with Crippen LogP contribution in [0.1, 0.15) is 58.1 Å². The highest BCUT2D eigenvalue weighted by atomic mass is 16.6. The molecule has 7 nitrogen and oxygen atoms in total. The first-order valence-electron chi connectivity index (χ1n) is 10.5. The first-order valence-corrected chi connectivity index (χ1v) is 10.5. The molecule has 1 heterocycles. The van der Waals surface area contributed by atoms with E-state index in [-0.39, 0.29) is 12.0 Å². The fourth-order valence-corrected chi connectivity index (χ4v) is 4.04. The standard InChI is InChI=1S/C23H32N2O5/c1-23(2,3)30-22(28)25-15-10-8-14(9-11-15)20(26)21(27)17-6-5-7-19-18(17)12-16(29-4)13-24-19/h5-7,12-15,20-21,26-27H,8-11H2,1-4H3,(H,25,28). The number of aliphatic hydroxyl groups is 2. The summed E-state index contributed by atoms with van der Waals surface area (Å²) in [5, 5.41) is 25.5. The van der Waals surface area contributed by atoms with E-state index >= 15 is 0 Å². The Morgan fingerprint density at radius 2 is 1.90 bits per heavy atom. The molecule has 1 aliphatic carbocycles. The number of amides is 1. The molecule has 7 heteroatoms. The summed E-state index contributed by atoms with van der Waals surface area (Å²) in [5.41, 5.74) is 0.850. The summed E-state index contributed by atoms with van der Waals surface area (Å²) in [6.45, 7) is 5.50. The van der Waals surface area contributed by atoms with Crippen molar-refractivity contribution in [1.82, 2.24) is 10.3 Å². The van der Waals surface area contributed by atoms with E-state index in [4.69, 9.17) is 9.47 Å². The SMILES string of the molecule is COc1cnc2cccc(C(O)C(O)C3CCC(NC(=O)OC(C)(C)C)CC3)c2c1. The fourth-order valence-electron chi connectivity index (χ4n) is 4.04. The monoisotopic (exact) mass is 416 g/mol. The number of rotatable bonds is 5. The number of benzene rings is 1. The van der Waals surface area contributed by atoms with Gasteiger partial charge in [0.2, 0.25) is 0 Å². The molecule has 0 saturated heterocycles. The van der Waals surface area contributed by atoms with Gasteiger partial charge in [0.05, 0.1) is 24.9 Å². The van der Waals surface area contributed by atoms with E-state index in [1.807, 2.05) is 45.0 Å². The number of hydrogen-bond donors (Lipinski definition) is 3. The highest BCUT2D eigenvalue weighted by molar-refractivity contribution is 5.83. The third kappa shape index (κ3) is 5.40. The number of pyridine rings is 1. The van der Waals surface area contributed by atoms with Crippen LogP contribution < -0.4 is 10.1 Å². The molecule has 0 radical (unpaired) electrons. The molecule has 1 amide bonds. The van der Waals surface area contributed by atoms with Crippen LogP contribution in [0.4, 0.5) is 4.79 Å². The summed E-state index contributed by atoms with van der Waals surface area (Å²) in [5.74, 6) is 0.552. The molecule has 164 valence electrons. The minimum atomic E-state index is -1.03. The van der Waals surface area contributed by atoms with Gasteiger partial charge in [-0.1, -0.05) is 12.1 Å². The minimum absolute atomic E-state index is 0.0199. The fraction of sp³-hybridized carbons (Fsp3) is 0.565. The van der Waals surface area contributed by atoms with Gasteiger partial charge in [-0.2, -0.15) is 0 Å². The van der Waals surface area contributed by atoms with Crippen molar-refractivity contribution in [2.24, 2.45) is 5.92 Å². The second-order valence-electron chi connectivity index (χ2n) is 8.98. The van der Waals surface area contributed by atoms with E-state index in [1.165, 1.54) is 0 Å². The van der Waals surface area contributed by atoms with Crippen LogP contribution in [-0.2, 0) is 4.74 Å². The molecule has 1 saturated carbocycles. The predicted octanol–water partition coefficient (Wildman–Crippen LogP) is 3.72. The van der Waals surface area contributed by atoms with Gasteiger partial charge in [-0.15, -0.1) is 0 Å². The van der Waals surface area contributed by atoms with Gasteiger partial charge in [0, 0.05) is 11.4 Å². The van der Waals surface area contributed by atoms with E-state index in [0.717, 1.165) is 23.7 Å². The average Bonchev–Trinajstić information content (AvgIpc) is 2.71. The molecule has 2 atom stereocenters. The quantitative estimate of drug-likeness (QED) is 0.687.